The normalized spacial score (nSPS) is 18.5. The summed E-state index contributed by atoms with van der Waals surface area (Å²) in [5.74, 6) is 0.266. The van der Waals surface area contributed by atoms with Gasteiger partial charge in [-0.05, 0) is 31.5 Å². The van der Waals surface area contributed by atoms with Crippen LogP contribution in [0, 0.1) is 0 Å². The van der Waals surface area contributed by atoms with Crippen LogP contribution >= 0.6 is 0 Å². The lowest BCUT2D eigenvalue weighted by atomic mass is 9.96. The summed E-state index contributed by atoms with van der Waals surface area (Å²) in [5, 5.41) is 17.0. The minimum atomic E-state index is -3.45. The number of nitrogens with zero attached hydrogens (tertiary/aromatic N) is 3. The third-order valence-corrected chi connectivity index (χ3v) is 6.45. The molecular formula is C13H17N5O2S. The van der Waals surface area contributed by atoms with Gasteiger partial charge in [0.15, 0.2) is 15.7 Å². The standard InChI is InChI=1S/C13H17N5O2S/c19-21(20,10-11-4-2-1-3-5-11)13(6-8-14-9-7-13)12-15-17-18-16-12/h1-5,14H,6-10H2,(H,15,16,17,18). The predicted octanol–water partition coefficient (Wildman–Crippen LogP) is 0.393. The average Bonchev–Trinajstić information content (AvgIpc) is 3.03. The van der Waals surface area contributed by atoms with E-state index in [0.29, 0.717) is 25.9 Å². The van der Waals surface area contributed by atoms with Crippen LogP contribution in [0.4, 0.5) is 0 Å². The molecule has 0 unspecified atom stereocenters. The molecule has 2 N–H and O–H groups in total. The summed E-state index contributed by atoms with van der Waals surface area (Å²) in [5.41, 5.74) is 0.777. The SMILES string of the molecule is O=S(=O)(Cc1ccccc1)C1(c2nn[nH]n2)CCNCC1. The van der Waals surface area contributed by atoms with E-state index in [4.69, 9.17) is 0 Å². The first-order chi connectivity index (χ1) is 10.1. The van der Waals surface area contributed by atoms with E-state index < -0.39 is 14.6 Å². The molecule has 8 heteroatoms. The van der Waals surface area contributed by atoms with E-state index in [9.17, 15) is 8.42 Å². The number of benzene rings is 1. The van der Waals surface area contributed by atoms with Gasteiger partial charge >= 0.3 is 0 Å². The van der Waals surface area contributed by atoms with Crippen LogP contribution in [0.3, 0.4) is 0 Å². The number of hydrogen-bond donors (Lipinski definition) is 2. The maximum absolute atomic E-state index is 13.0. The Balaban J connectivity index is 2.00. The van der Waals surface area contributed by atoms with Crippen LogP contribution in [0.5, 0.6) is 0 Å². The molecule has 112 valence electrons. The summed E-state index contributed by atoms with van der Waals surface area (Å²) in [6.07, 6.45) is 0.920. The first kappa shape index (κ1) is 14.2. The molecule has 2 aromatic rings. The zero-order valence-electron chi connectivity index (χ0n) is 11.5. The molecule has 7 nitrogen and oxygen atoms in total. The Labute approximate surface area is 123 Å². The van der Waals surface area contributed by atoms with Crippen molar-refractivity contribution in [1.29, 1.82) is 0 Å². The zero-order valence-corrected chi connectivity index (χ0v) is 12.3. The molecule has 1 fully saturated rings. The molecule has 0 amide bonds. The number of H-pyrrole nitrogens is 1. The van der Waals surface area contributed by atoms with Crippen molar-refractivity contribution in [2.75, 3.05) is 13.1 Å². The minimum Gasteiger partial charge on any atom is -0.317 e. The number of aromatic amines is 1. The monoisotopic (exact) mass is 307 g/mol. The van der Waals surface area contributed by atoms with E-state index in [1.54, 1.807) is 0 Å². The molecule has 0 saturated carbocycles. The number of aromatic nitrogens is 4. The summed E-state index contributed by atoms with van der Waals surface area (Å²) in [6, 6.07) is 9.20. The highest BCUT2D eigenvalue weighted by molar-refractivity contribution is 7.91. The van der Waals surface area contributed by atoms with Gasteiger partial charge in [-0.3, -0.25) is 0 Å². The van der Waals surface area contributed by atoms with Gasteiger partial charge in [0.25, 0.3) is 0 Å². The van der Waals surface area contributed by atoms with Gasteiger partial charge in [-0.25, -0.2) is 8.42 Å². The third-order valence-electron chi connectivity index (χ3n) is 3.96. The highest BCUT2D eigenvalue weighted by Crippen LogP contribution is 2.38. The van der Waals surface area contributed by atoms with E-state index in [1.807, 2.05) is 30.3 Å². The van der Waals surface area contributed by atoms with E-state index in [2.05, 4.69) is 25.9 Å². The Bertz CT molecular complexity index is 679. The number of piperidine rings is 1. The van der Waals surface area contributed by atoms with Crippen LogP contribution in [0.25, 0.3) is 0 Å². The van der Waals surface area contributed by atoms with Gasteiger partial charge in [-0.2, -0.15) is 5.21 Å². The van der Waals surface area contributed by atoms with Crippen LogP contribution in [0.1, 0.15) is 24.2 Å². The first-order valence-corrected chi connectivity index (χ1v) is 8.50. The van der Waals surface area contributed by atoms with Crippen molar-refractivity contribution in [3.63, 3.8) is 0 Å². The number of nitrogens with one attached hydrogen (secondary N) is 2. The second-order valence-electron chi connectivity index (χ2n) is 5.22. The molecule has 1 saturated heterocycles. The largest absolute Gasteiger partial charge is 0.317 e. The molecule has 0 spiro atoms. The van der Waals surface area contributed by atoms with E-state index >= 15 is 0 Å². The number of sulfone groups is 1. The van der Waals surface area contributed by atoms with Crippen molar-refractivity contribution in [1.82, 2.24) is 25.9 Å². The smallest absolute Gasteiger partial charge is 0.195 e. The molecule has 1 aromatic carbocycles. The first-order valence-electron chi connectivity index (χ1n) is 6.85. The molecule has 1 aromatic heterocycles. The van der Waals surface area contributed by atoms with Crippen molar-refractivity contribution >= 4 is 9.84 Å². The molecule has 3 rings (SSSR count). The van der Waals surface area contributed by atoms with Crippen molar-refractivity contribution in [2.24, 2.45) is 0 Å². The van der Waals surface area contributed by atoms with Crippen LogP contribution in [-0.4, -0.2) is 42.1 Å². The molecule has 2 heterocycles. The summed E-state index contributed by atoms with van der Waals surface area (Å²) in [6.45, 7) is 1.26. The number of tetrazole rings is 1. The minimum absolute atomic E-state index is 0.0115. The highest BCUT2D eigenvalue weighted by atomic mass is 32.2. The van der Waals surface area contributed by atoms with Crippen molar-refractivity contribution in [3.8, 4) is 0 Å². The lowest BCUT2D eigenvalue weighted by molar-refractivity contribution is 0.380. The molecule has 0 radical (unpaired) electrons. The fraction of sp³-hybridized carbons (Fsp3) is 0.462. The van der Waals surface area contributed by atoms with Gasteiger partial charge in [0, 0.05) is 0 Å². The second kappa shape index (κ2) is 5.53. The quantitative estimate of drug-likeness (QED) is 0.847. The third kappa shape index (κ3) is 2.56. The molecule has 0 aliphatic carbocycles. The molecule has 1 aliphatic rings. The van der Waals surface area contributed by atoms with Crippen LogP contribution < -0.4 is 5.32 Å². The van der Waals surface area contributed by atoms with Gasteiger partial charge in [0.1, 0.15) is 4.75 Å². The van der Waals surface area contributed by atoms with E-state index in [0.717, 1.165) is 5.56 Å². The Morgan fingerprint density at radius 3 is 2.48 bits per heavy atom. The van der Waals surface area contributed by atoms with E-state index in [1.165, 1.54) is 0 Å². The topological polar surface area (TPSA) is 101 Å². The van der Waals surface area contributed by atoms with Gasteiger partial charge in [-0.15, -0.1) is 10.2 Å². The van der Waals surface area contributed by atoms with Gasteiger partial charge < -0.3 is 5.32 Å². The summed E-state index contributed by atoms with van der Waals surface area (Å²) in [4.78, 5) is 0. The van der Waals surface area contributed by atoms with Crippen LogP contribution in [0.2, 0.25) is 0 Å². The van der Waals surface area contributed by atoms with Crippen molar-refractivity contribution < 1.29 is 8.42 Å². The Kier molecular flexibility index (Phi) is 3.73. The number of rotatable bonds is 4. The molecular weight excluding hydrogens is 290 g/mol. The average molecular weight is 307 g/mol. The lowest BCUT2D eigenvalue weighted by Crippen LogP contribution is -2.46. The van der Waals surface area contributed by atoms with Crippen LogP contribution in [-0.2, 0) is 20.3 Å². The number of hydrogen-bond acceptors (Lipinski definition) is 6. The van der Waals surface area contributed by atoms with Crippen molar-refractivity contribution in [2.45, 2.75) is 23.3 Å². The fourth-order valence-electron chi connectivity index (χ4n) is 2.79. The van der Waals surface area contributed by atoms with Gasteiger partial charge in [0.2, 0.25) is 0 Å². The summed E-state index contributed by atoms with van der Waals surface area (Å²) in [7, 11) is -3.45. The second-order valence-corrected chi connectivity index (χ2v) is 7.52. The Morgan fingerprint density at radius 2 is 1.86 bits per heavy atom. The maximum atomic E-state index is 13.0. The fourth-order valence-corrected chi connectivity index (χ4v) is 4.89. The Hall–Kier alpha value is -1.80. The molecule has 1 aliphatic heterocycles. The molecule has 21 heavy (non-hydrogen) atoms. The predicted molar refractivity (Wildman–Crippen MR) is 77.0 cm³/mol. The highest BCUT2D eigenvalue weighted by Gasteiger charge is 2.49. The maximum Gasteiger partial charge on any atom is 0.195 e. The summed E-state index contributed by atoms with van der Waals surface area (Å²) >= 11 is 0. The zero-order chi connectivity index (χ0) is 14.8. The molecule has 0 atom stereocenters. The molecule has 0 bridgehead atoms. The lowest BCUT2D eigenvalue weighted by Gasteiger charge is -2.34. The van der Waals surface area contributed by atoms with Gasteiger partial charge in [0.05, 0.1) is 5.75 Å². The van der Waals surface area contributed by atoms with E-state index in [-0.39, 0.29) is 11.6 Å². The van der Waals surface area contributed by atoms with Crippen molar-refractivity contribution in [3.05, 3.63) is 41.7 Å². The summed E-state index contributed by atoms with van der Waals surface area (Å²) < 4.78 is 25.0. The van der Waals surface area contributed by atoms with Crippen LogP contribution in [0.15, 0.2) is 30.3 Å². The Morgan fingerprint density at radius 1 is 1.14 bits per heavy atom. The van der Waals surface area contributed by atoms with Gasteiger partial charge in [-0.1, -0.05) is 35.5 Å².